The Labute approximate surface area is 46.8 Å². The van der Waals surface area contributed by atoms with Crippen molar-refractivity contribution < 1.29 is 39.3 Å². The van der Waals surface area contributed by atoms with Crippen molar-refractivity contribution in [3.63, 3.8) is 0 Å². The maximum atomic E-state index is 8.25. The molecule has 0 saturated heterocycles. The molecule has 0 N–H and O–H groups in total. The van der Waals surface area contributed by atoms with Crippen molar-refractivity contribution in [2.75, 3.05) is 0 Å². The molecule has 0 saturated carbocycles. The first-order valence-electron chi connectivity index (χ1n) is 0.471. The summed E-state index contributed by atoms with van der Waals surface area (Å²) in [5.74, 6) is 0. The van der Waals surface area contributed by atoms with Crippen LogP contribution in [0.3, 0.4) is 0 Å². The minimum Gasteiger partial charge on any atom is 1.00 e. The van der Waals surface area contributed by atoms with E-state index in [1.54, 1.807) is 0 Å². The van der Waals surface area contributed by atoms with Crippen LogP contribution in [0.15, 0.2) is 0 Å². The summed E-state index contributed by atoms with van der Waals surface area (Å²) in [6.07, 6.45) is 0. The van der Waals surface area contributed by atoms with Crippen molar-refractivity contribution in [1.29, 1.82) is 0 Å². The molecule has 0 aromatic rings. The molecule has 0 heterocycles. The standard InChI is InChI=1S/BO2.Na/c2-1-3;/q-1;+1. The Bertz CT molecular complexity index is 13.5. The third-order valence-electron chi connectivity index (χ3n) is 0. The van der Waals surface area contributed by atoms with Gasteiger partial charge in [0.1, 0.15) is 0 Å². The molecular weight excluding hydrogens is 65.8 g/mol. The fourth-order valence-corrected chi connectivity index (χ4v) is 0. The fourth-order valence-electron chi connectivity index (χ4n) is 0. The first-order valence-corrected chi connectivity index (χ1v) is 0.471. The molecule has 0 amide bonds. The van der Waals surface area contributed by atoms with E-state index >= 15 is 0 Å². The van der Waals surface area contributed by atoms with Gasteiger partial charge in [0.25, 0.3) is 0 Å². The van der Waals surface area contributed by atoms with Crippen LogP contribution >= 0.6 is 0 Å². The van der Waals surface area contributed by atoms with Crippen molar-refractivity contribution in [2.45, 2.75) is 0 Å². The van der Waals surface area contributed by atoms with Gasteiger partial charge in [0.15, 0.2) is 0 Å². The zero-order chi connectivity index (χ0) is 2.71. The number of hydrogen-bond donors (Lipinski definition) is 0. The maximum Gasteiger partial charge on any atom is 1.00 e. The summed E-state index contributed by atoms with van der Waals surface area (Å²) in [5.41, 5.74) is 0. The van der Waals surface area contributed by atoms with Crippen LogP contribution < -0.4 is 34.6 Å². The monoisotopic (exact) mass is 66.0 g/mol. The average molecular weight is 65.8 g/mol. The van der Waals surface area contributed by atoms with Crippen molar-refractivity contribution in [2.24, 2.45) is 0 Å². The third-order valence-corrected chi connectivity index (χ3v) is 0. The molecule has 0 spiro atoms. The van der Waals surface area contributed by atoms with Gasteiger partial charge in [-0.3, -0.25) is 0 Å². The van der Waals surface area contributed by atoms with Gasteiger partial charge < -0.3 is 0 Å². The van der Waals surface area contributed by atoms with Gasteiger partial charge in [0.2, 0.25) is 0 Å². The van der Waals surface area contributed by atoms with E-state index in [1.807, 2.05) is 0 Å². The van der Waals surface area contributed by atoms with Crippen molar-refractivity contribution >= 4 is 7.35 Å². The van der Waals surface area contributed by atoms with Gasteiger partial charge in [-0.05, 0) is 0 Å². The van der Waals surface area contributed by atoms with Crippen LogP contribution in [0.5, 0.6) is 0 Å². The zero-order valence-corrected chi connectivity index (χ0v) is 4.39. The van der Waals surface area contributed by atoms with E-state index in [4.69, 9.17) is 9.73 Å². The van der Waals surface area contributed by atoms with Crippen LogP contribution in [0.1, 0.15) is 0 Å². The summed E-state index contributed by atoms with van der Waals surface area (Å²) in [6.45, 7) is 0. The maximum absolute atomic E-state index is 8.25. The largest absolute Gasteiger partial charge is 1.00 e. The van der Waals surface area contributed by atoms with Crippen LogP contribution in [-0.4, -0.2) is 7.35 Å². The van der Waals surface area contributed by atoms with E-state index in [9.17, 15) is 0 Å². The van der Waals surface area contributed by atoms with Gasteiger partial charge in [-0.2, -0.15) is 0 Å². The normalized spacial score (nSPS) is 2.00. The van der Waals surface area contributed by atoms with E-state index in [-0.39, 0.29) is 29.6 Å². The van der Waals surface area contributed by atoms with E-state index < -0.39 is 7.35 Å². The number of rotatable bonds is 0. The number of hydrogen-bond acceptors (Lipinski definition) is 2. The van der Waals surface area contributed by atoms with Crippen LogP contribution in [0.2, 0.25) is 0 Å². The quantitative estimate of drug-likeness (QED) is 0.266. The molecule has 0 fully saturated rings. The smallest absolute Gasteiger partial charge is 1.00 e. The van der Waals surface area contributed by atoms with Gasteiger partial charge in [0.05, 0.1) is 0 Å². The van der Waals surface area contributed by atoms with Crippen LogP contribution in [0.4, 0.5) is 0 Å². The Morgan fingerprint density at radius 1 is 1.75 bits per heavy atom. The summed E-state index contributed by atoms with van der Waals surface area (Å²) >= 11 is 0. The molecule has 0 rings (SSSR count). The SMILES string of the molecule is O=B[O-].[Na+]. The molecule has 2 nitrogen and oxygen atoms in total. The minimum absolute atomic E-state index is 0. The van der Waals surface area contributed by atoms with E-state index in [0.29, 0.717) is 0 Å². The van der Waals surface area contributed by atoms with Crippen LogP contribution in [0.25, 0.3) is 0 Å². The second kappa shape index (κ2) is 9.39. The first kappa shape index (κ1) is 8.82. The minimum atomic E-state index is -0.500. The Balaban J connectivity index is 0. The second-order valence-corrected chi connectivity index (χ2v) is 0.0962. The van der Waals surface area contributed by atoms with Crippen molar-refractivity contribution in [1.82, 2.24) is 0 Å². The van der Waals surface area contributed by atoms with Gasteiger partial charge >= 0.3 is 46.6 Å². The Morgan fingerprint density at radius 3 is 1.75 bits per heavy atom. The van der Waals surface area contributed by atoms with E-state index in [0.717, 1.165) is 0 Å². The topological polar surface area (TPSA) is 40.1 Å². The molecule has 16 valence electrons. The summed E-state index contributed by atoms with van der Waals surface area (Å²) in [5, 5.41) is 8.25. The summed E-state index contributed by atoms with van der Waals surface area (Å²) in [7, 11) is -0.500. The van der Waals surface area contributed by atoms with Gasteiger partial charge in [-0.15, -0.1) is 0 Å². The van der Waals surface area contributed by atoms with Gasteiger partial charge in [-0.1, -0.05) is 0 Å². The predicted molar refractivity (Wildman–Crippen MR) is 6.44 cm³/mol. The molecule has 4 heavy (non-hydrogen) atoms. The summed E-state index contributed by atoms with van der Waals surface area (Å²) in [4.78, 5) is 0. The molecule has 4 heteroatoms. The molecule has 0 aromatic carbocycles. The molecule has 0 aliphatic rings. The Hall–Kier alpha value is 0.665. The molecule has 0 bridgehead atoms. The average Bonchev–Trinajstić information content (AvgIpc) is 0.918. The molecule has 0 aromatic heterocycles. The summed E-state index contributed by atoms with van der Waals surface area (Å²) in [6, 6.07) is 0. The Kier molecular flexibility index (Phi) is 20.7. The van der Waals surface area contributed by atoms with Gasteiger partial charge in [-0.25, -0.2) is 0 Å². The molecule has 0 unspecified atom stereocenters. The molecule has 0 radical (unpaired) electrons. The van der Waals surface area contributed by atoms with E-state index in [2.05, 4.69) is 0 Å². The van der Waals surface area contributed by atoms with Crippen LogP contribution in [-0.2, 0) is 4.70 Å². The summed E-state index contributed by atoms with van der Waals surface area (Å²) < 4.78 is 8.25. The van der Waals surface area contributed by atoms with E-state index in [1.165, 1.54) is 0 Å². The zero-order valence-electron chi connectivity index (χ0n) is 2.39. The van der Waals surface area contributed by atoms with Crippen molar-refractivity contribution in [3.05, 3.63) is 0 Å². The van der Waals surface area contributed by atoms with Crippen LogP contribution in [0, 0.1) is 0 Å². The predicted octanol–water partition coefficient (Wildman–Crippen LogP) is -4.68. The third kappa shape index (κ3) is 16.7. The first-order chi connectivity index (χ1) is 1.41. The van der Waals surface area contributed by atoms with Gasteiger partial charge in [0, 0.05) is 0 Å². The molecule has 0 aliphatic carbocycles. The fraction of sp³-hybridized carbons (Fsp3) is 0. The Morgan fingerprint density at radius 2 is 1.75 bits per heavy atom. The molecule has 0 aliphatic heterocycles. The molecule has 0 atom stereocenters. The second-order valence-electron chi connectivity index (χ2n) is 0.0962. The molecular formula is BNaO2. The van der Waals surface area contributed by atoms with Crippen molar-refractivity contribution in [3.8, 4) is 0 Å².